The molecule has 1 rings (SSSR count). The third-order valence-corrected chi connectivity index (χ3v) is 5.51. The summed E-state index contributed by atoms with van der Waals surface area (Å²) in [5.74, 6) is 0.583. The number of benzene rings is 1. The second kappa shape index (κ2) is 25.9. The van der Waals surface area contributed by atoms with Gasteiger partial charge in [-0.15, -0.1) is 0 Å². The van der Waals surface area contributed by atoms with E-state index in [2.05, 4.69) is 19.1 Å². The standard InChI is InChI=1S/C29H50O8/c1-3-4-5-6-7-8-9-10-28-11-13-29(14-12-28)37-26-24-35-22-20-33-18-16-31-15-17-32-19-21-34-23-25-36-27(2)30/h11-14H,3-10,15-26H2,1-2H3. The van der Waals surface area contributed by atoms with Crippen LogP contribution >= 0.6 is 0 Å². The topological polar surface area (TPSA) is 81.7 Å². The summed E-state index contributed by atoms with van der Waals surface area (Å²) < 4.78 is 37.6. The molecule has 8 nitrogen and oxygen atoms in total. The Morgan fingerprint density at radius 1 is 0.568 bits per heavy atom. The van der Waals surface area contributed by atoms with Crippen molar-refractivity contribution in [2.75, 3.05) is 79.3 Å². The minimum absolute atomic E-state index is 0.269. The van der Waals surface area contributed by atoms with E-state index in [0.717, 1.165) is 12.2 Å². The molecule has 0 heterocycles. The number of unbranched alkanes of at least 4 members (excludes halogenated alkanes) is 6. The molecule has 0 atom stereocenters. The van der Waals surface area contributed by atoms with Gasteiger partial charge in [0.25, 0.3) is 0 Å². The van der Waals surface area contributed by atoms with Crippen molar-refractivity contribution in [3.05, 3.63) is 29.8 Å². The monoisotopic (exact) mass is 526 g/mol. The van der Waals surface area contributed by atoms with Gasteiger partial charge in [0.1, 0.15) is 19.0 Å². The number of hydrogen-bond donors (Lipinski definition) is 0. The predicted molar refractivity (Wildman–Crippen MR) is 144 cm³/mol. The summed E-state index contributed by atoms with van der Waals surface area (Å²) in [6.45, 7) is 9.36. The third kappa shape index (κ3) is 23.2. The van der Waals surface area contributed by atoms with Crippen molar-refractivity contribution in [1.82, 2.24) is 0 Å². The Bertz CT molecular complexity index is 623. The first-order valence-corrected chi connectivity index (χ1v) is 14.0. The van der Waals surface area contributed by atoms with Crippen molar-refractivity contribution in [3.8, 4) is 5.75 Å². The summed E-state index contributed by atoms with van der Waals surface area (Å²) in [4.78, 5) is 10.6. The molecule has 0 amide bonds. The molecule has 214 valence electrons. The van der Waals surface area contributed by atoms with E-state index in [1.54, 1.807) is 0 Å². The SMILES string of the molecule is CCCCCCCCCc1ccc(OCCOCCOCCOCCOCCOCCOC(C)=O)cc1. The van der Waals surface area contributed by atoms with E-state index in [9.17, 15) is 4.79 Å². The molecule has 0 N–H and O–H groups in total. The minimum Gasteiger partial charge on any atom is -0.491 e. The maximum absolute atomic E-state index is 10.6. The minimum atomic E-state index is -0.302. The van der Waals surface area contributed by atoms with Crippen molar-refractivity contribution in [1.29, 1.82) is 0 Å². The molecule has 1 aromatic carbocycles. The Morgan fingerprint density at radius 3 is 1.49 bits per heavy atom. The van der Waals surface area contributed by atoms with Crippen molar-refractivity contribution in [2.24, 2.45) is 0 Å². The van der Waals surface area contributed by atoms with Crippen LogP contribution in [-0.4, -0.2) is 85.3 Å². The molecule has 37 heavy (non-hydrogen) atoms. The van der Waals surface area contributed by atoms with Crippen molar-refractivity contribution >= 4 is 5.97 Å². The molecule has 1 aromatic rings. The van der Waals surface area contributed by atoms with Gasteiger partial charge in [-0.1, -0.05) is 57.6 Å². The molecule has 0 radical (unpaired) electrons. The van der Waals surface area contributed by atoms with Crippen LogP contribution in [0.1, 0.15) is 64.4 Å². The number of carbonyl (C=O) groups is 1. The van der Waals surface area contributed by atoms with Crippen LogP contribution < -0.4 is 4.74 Å². The Labute approximate surface area is 224 Å². The van der Waals surface area contributed by atoms with Gasteiger partial charge in [0.05, 0.1) is 66.1 Å². The highest BCUT2D eigenvalue weighted by Gasteiger charge is 1.99. The van der Waals surface area contributed by atoms with Gasteiger partial charge in [0.15, 0.2) is 0 Å². The molecule has 8 heteroatoms. The van der Waals surface area contributed by atoms with Crippen LogP contribution in [-0.2, 0) is 39.6 Å². The van der Waals surface area contributed by atoms with Crippen LogP contribution in [0.5, 0.6) is 5.75 Å². The summed E-state index contributed by atoms with van der Waals surface area (Å²) >= 11 is 0. The molecular weight excluding hydrogens is 476 g/mol. The van der Waals surface area contributed by atoms with Crippen molar-refractivity contribution < 1.29 is 38.0 Å². The molecule has 0 fully saturated rings. The van der Waals surface area contributed by atoms with Gasteiger partial charge in [-0.2, -0.15) is 0 Å². The van der Waals surface area contributed by atoms with Crippen LogP contribution in [0.4, 0.5) is 0 Å². The Balaban J connectivity index is 1.80. The molecule has 0 aliphatic rings. The number of aryl methyl sites for hydroxylation is 1. The first-order valence-electron chi connectivity index (χ1n) is 14.0. The Hall–Kier alpha value is -1.71. The fourth-order valence-corrected chi connectivity index (χ4v) is 3.48. The normalized spacial score (nSPS) is 11.1. The van der Waals surface area contributed by atoms with E-state index < -0.39 is 0 Å². The van der Waals surface area contributed by atoms with Crippen molar-refractivity contribution in [2.45, 2.75) is 65.2 Å². The number of esters is 1. The zero-order chi connectivity index (χ0) is 26.7. The highest BCUT2D eigenvalue weighted by atomic mass is 16.6. The smallest absolute Gasteiger partial charge is 0.302 e. The third-order valence-electron chi connectivity index (χ3n) is 5.51. The largest absolute Gasteiger partial charge is 0.491 e. The summed E-state index contributed by atoms with van der Waals surface area (Å²) in [5.41, 5.74) is 1.38. The lowest BCUT2D eigenvalue weighted by Gasteiger charge is -2.09. The second-order valence-electron chi connectivity index (χ2n) is 8.77. The number of carbonyl (C=O) groups excluding carboxylic acids is 1. The first kappa shape index (κ1) is 33.3. The van der Waals surface area contributed by atoms with Crippen LogP contribution in [0.25, 0.3) is 0 Å². The molecule has 0 aromatic heterocycles. The van der Waals surface area contributed by atoms with E-state index in [0.29, 0.717) is 72.7 Å². The van der Waals surface area contributed by atoms with Gasteiger partial charge in [-0.25, -0.2) is 0 Å². The fraction of sp³-hybridized carbons (Fsp3) is 0.759. The highest BCUT2D eigenvalue weighted by Crippen LogP contribution is 2.15. The fourth-order valence-electron chi connectivity index (χ4n) is 3.48. The number of ether oxygens (including phenoxy) is 7. The summed E-state index contributed by atoms with van der Waals surface area (Å²) in [6.07, 6.45) is 10.5. The van der Waals surface area contributed by atoms with Gasteiger partial charge >= 0.3 is 5.97 Å². The van der Waals surface area contributed by atoms with E-state index in [1.807, 2.05) is 12.1 Å². The van der Waals surface area contributed by atoms with E-state index in [1.165, 1.54) is 57.4 Å². The van der Waals surface area contributed by atoms with Crippen LogP contribution in [0.15, 0.2) is 24.3 Å². The van der Waals surface area contributed by atoms with E-state index >= 15 is 0 Å². The average Bonchev–Trinajstić information content (AvgIpc) is 2.90. The van der Waals surface area contributed by atoms with Gasteiger partial charge in [-0.05, 0) is 30.5 Å². The predicted octanol–water partition coefficient (Wildman–Crippen LogP) is 5.00. The molecule has 0 aliphatic carbocycles. The Morgan fingerprint density at radius 2 is 1.00 bits per heavy atom. The molecule has 0 unspecified atom stereocenters. The quantitative estimate of drug-likeness (QED) is 0.117. The molecule has 0 saturated heterocycles. The maximum Gasteiger partial charge on any atom is 0.302 e. The zero-order valence-corrected chi connectivity index (χ0v) is 23.2. The summed E-state index contributed by atoms with van der Waals surface area (Å²) in [7, 11) is 0. The van der Waals surface area contributed by atoms with E-state index in [4.69, 9.17) is 33.2 Å². The van der Waals surface area contributed by atoms with Crippen LogP contribution in [0, 0.1) is 0 Å². The van der Waals surface area contributed by atoms with Gasteiger partial charge < -0.3 is 33.2 Å². The molecule has 0 aliphatic heterocycles. The van der Waals surface area contributed by atoms with Gasteiger partial charge in [0.2, 0.25) is 0 Å². The molecule has 0 bridgehead atoms. The summed E-state index contributed by atoms with van der Waals surface area (Å²) in [5, 5.41) is 0. The van der Waals surface area contributed by atoms with E-state index in [-0.39, 0.29) is 12.6 Å². The molecule has 0 saturated carbocycles. The Kier molecular flexibility index (Phi) is 23.3. The second-order valence-corrected chi connectivity index (χ2v) is 8.77. The lowest BCUT2D eigenvalue weighted by molar-refractivity contribution is -0.142. The van der Waals surface area contributed by atoms with Gasteiger partial charge in [0, 0.05) is 6.92 Å². The lowest BCUT2D eigenvalue weighted by Crippen LogP contribution is -2.15. The molecule has 0 spiro atoms. The zero-order valence-electron chi connectivity index (χ0n) is 23.2. The average molecular weight is 527 g/mol. The first-order chi connectivity index (χ1) is 18.2. The molecular formula is C29H50O8. The van der Waals surface area contributed by atoms with Gasteiger partial charge in [-0.3, -0.25) is 4.79 Å². The van der Waals surface area contributed by atoms with Crippen molar-refractivity contribution in [3.63, 3.8) is 0 Å². The summed E-state index contributed by atoms with van der Waals surface area (Å²) in [6, 6.07) is 8.43. The number of hydrogen-bond acceptors (Lipinski definition) is 8. The van der Waals surface area contributed by atoms with Crippen LogP contribution in [0.2, 0.25) is 0 Å². The van der Waals surface area contributed by atoms with Crippen LogP contribution in [0.3, 0.4) is 0 Å². The maximum atomic E-state index is 10.6. The lowest BCUT2D eigenvalue weighted by atomic mass is 10.0. The number of rotatable bonds is 27. The highest BCUT2D eigenvalue weighted by molar-refractivity contribution is 5.65.